The molecule has 0 unspecified atom stereocenters. The summed E-state index contributed by atoms with van der Waals surface area (Å²) in [7, 11) is -3.58. The molecule has 0 bridgehead atoms. The molecule has 136 valence electrons. The van der Waals surface area contributed by atoms with Crippen molar-refractivity contribution >= 4 is 33.2 Å². The van der Waals surface area contributed by atoms with E-state index < -0.39 is 21.7 Å². The SMILES string of the molecule is O=C(Cc1ccc(S(=O)(=O)C[C@H]2CCOC2=O)cc1)c1cccc(Cl)c1. The van der Waals surface area contributed by atoms with Crippen molar-refractivity contribution < 1.29 is 22.7 Å². The Morgan fingerprint density at radius 2 is 1.88 bits per heavy atom. The van der Waals surface area contributed by atoms with Crippen LogP contribution in [0.25, 0.3) is 0 Å². The number of rotatable bonds is 6. The van der Waals surface area contributed by atoms with Gasteiger partial charge >= 0.3 is 5.97 Å². The molecule has 0 spiro atoms. The minimum Gasteiger partial charge on any atom is -0.465 e. The number of sulfone groups is 1. The lowest BCUT2D eigenvalue weighted by molar-refractivity contribution is -0.140. The number of hydrogen-bond donors (Lipinski definition) is 0. The number of esters is 1. The number of ketones is 1. The lowest BCUT2D eigenvalue weighted by Crippen LogP contribution is -2.20. The summed E-state index contributed by atoms with van der Waals surface area (Å²) in [6.45, 7) is 0.267. The van der Waals surface area contributed by atoms with Crippen molar-refractivity contribution in [3.05, 3.63) is 64.7 Å². The first-order chi connectivity index (χ1) is 12.3. The van der Waals surface area contributed by atoms with Gasteiger partial charge in [0.1, 0.15) is 0 Å². The summed E-state index contributed by atoms with van der Waals surface area (Å²) in [5.41, 5.74) is 1.21. The van der Waals surface area contributed by atoms with Crippen LogP contribution in [0.3, 0.4) is 0 Å². The zero-order valence-corrected chi connectivity index (χ0v) is 15.4. The van der Waals surface area contributed by atoms with Crippen LogP contribution in [0.2, 0.25) is 5.02 Å². The minimum atomic E-state index is -3.58. The average molecular weight is 393 g/mol. The topological polar surface area (TPSA) is 77.5 Å². The Bertz CT molecular complexity index is 935. The molecule has 0 aliphatic carbocycles. The fraction of sp³-hybridized carbons (Fsp3) is 0.263. The van der Waals surface area contributed by atoms with Gasteiger partial charge in [-0.25, -0.2) is 8.42 Å². The second kappa shape index (κ2) is 7.60. The molecule has 0 saturated carbocycles. The third-order valence-corrected chi connectivity index (χ3v) is 6.33. The van der Waals surface area contributed by atoms with Crippen molar-refractivity contribution in [1.82, 2.24) is 0 Å². The van der Waals surface area contributed by atoms with Crippen LogP contribution in [0.5, 0.6) is 0 Å². The molecule has 0 amide bonds. The molecule has 1 aliphatic rings. The van der Waals surface area contributed by atoms with Gasteiger partial charge < -0.3 is 4.74 Å². The van der Waals surface area contributed by atoms with Gasteiger partial charge in [0.05, 0.1) is 23.2 Å². The maximum atomic E-state index is 12.4. The van der Waals surface area contributed by atoms with Crippen LogP contribution in [-0.2, 0) is 25.8 Å². The van der Waals surface area contributed by atoms with Crippen molar-refractivity contribution in [3.63, 3.8) is 0 Å². The van der Waals surface area contributed by atoms with E-state index in [0.29, 0.717) is 22.6 Å². The molecule has 0 N–H and O–H groups in total. The molecule has 1 heterocycles. The van der Waals surface area contributed by atoms with Crippen LogP contribution in [0, 0.1) is 5.92 Å². The van der Waals surface area contributed by atoms with Gasteiger partial charge in [-0.05, 0) is 36.2 Å². The van der Waals surface area contributed by atoms with Crippen LogP contribution < -0.4 is 0 Å². The number of carbonyl (C=O) groups excluding carboxylic acids is 2. The van der Waals surface area contributed by atoms with Crippen molar-refractivity contribution in [1.29, 1.82) is 0 Å². The van der Waals surface area contributed by atoms with Crippen LogP contribution >= 0.6 is 11.6 Å². The number of ether oxygens (including phenoxy) is 1. The predicted molar refractivity (Wildman–Crippen MR) is 97.0 cm³/mol. The van der Waals surface area contributed by atoms with E-state index in [1.807, 2.05) is 0 Å². The minimum absolute atomic E-state index is 0.100. The van der Waals surface area contributed by atoms with E-state index in [2.05, 4.69) is 0 Å². The van der Waals surface area contributed by atoms with Crippen LogP contribution in [0.1, 0.15) is 22.3 Å². The Kier molecular flexibility index (Phi) is 5.44. The van der Waals surface area contributed by atoms with Crippen LogP contribution in [0.15, 0.2) is 53.4 Å². The van der Waals surface area contributed by atoms with Gasteiger partial charge in [0.25, 0.3) is 0 Å². The molecular formula is C19H17ClO5S. The summed E-state index contributed by atoms with van der Waals surface area (Å²) in [5, 5.41) is 0.489. The molecule has 0 radical (unpaired) electrons. The first kappa shape index (κ1) is 18.6. The molecule has 7 heteroatoms. The van der Waals surface area contributed by atoms with E-state index in [4.69, 9.17) is 16.3 Å². The summed E-state index contributed by atoms with van der Waals surface area (Å²) in [5.74, 6) is -1.43. The molecule has 2 aromatic rings. The molecule has 3 rings (SSSR count). The Labute approximate surface area is 156 Å². The molecule has 1 aliphatic heterocycles. The second-order valence-electron chi connectivity index (χ2n) is 6.19. The zero-order chi connectivity index (χ0) is 18.7. The third kappa shape index (κ3) is 4.31. The lowest BCUT2D eigenvalue weighted by Gasteiger charge is -2.08. The number of Topliss-reactive ketones (excluding diaryl/α,β-unsaturated/α-hetero) is 1. The third-order valence-electron chi connectivity index (χ3n) is 4.26. The lowest BCUT2D eigenvalue weighted by atomic mass is 10.0. The first-order valence-corrected chi connectivity index (χ1v) is 10.2. The summed E-state index contributed by atoms with van der Waals surface area (Å²) in [4.78, 5) is 23.9. The molecule has 1 saturated heterocycles. The van der Waals surface area contributed by atoms with Gasteiger partial charge in [0, 0.05) is 17.0 Å². The molecule has 5 nitrogen and oxygen atoms in total. The van der Waals surface area contributed by atoms with E-state index in [1.54, 1.807) is 36.4 Å². The van der Waals surface area contributed by atoms with Gasteiger partial charge in [0.2, 0.25) is 0 Å². The Hall–Kier alpha value is -2.18. The maximum absolute atomic E-state index is 12.4. The maximum Gasteiger partial charge on any atom is 0.310 e. The number of cyclic esters (lactones) is 1. The monoisotopic (exact) mass is 392 g/mol. The fourth-order valence-corrected chi connectivity index (χ4v) is 4.58. The van der Waals surface area contributed by atoms with E-state index in [9.17, 15) is 18.0 Å². The average Bonchev–Trinajstić information content (AvgIpc) is 2.99. The molecule has 1 fully saturated rings. The van der Waals surface area contributed by atoms with E-state index in [0.717, 1.165) is 0 Å². The molecule has 1 atom stereocenters. The normalized spacial score (nSPS) is 17.1. The highest BCUT2D eigenvalue weighted by molar-refractivity contribution is 7.91. The standard InChI is InChI=1S/C19H17ClO5S/c20-16-3-1-2-14(11-16)18(21)10-13-4-6-17(7-5-13)26(23,24)12-15-8-9-25-19(15)22/h1-7,11,15H,8-10,12H2/t15-/m1/s1. The molecule has 0 aromatic heterocycles. The summed E-state index contributed by atoms with van der Waals surface area (Å²) in [6.07, 6.45) is 0.569. The second-order valence-corrected chi connectivity index (χ2v) is 8.66. The first-order valence-electron chi connectivity index (χ1n) is 8.12. The summed E-state index contributed by atoms with van der Waals surface area (Å²) >= 11 is 5.89. The molecular weight excluding hydrogens is 376 g/mol. The summed E-state index contributed by atoms with van der Waals surface area (Å²) in [6, 6.07) is 12.9. The largest absolute Gasteiger partial charge is 0.465 e. The van der Waals surface area contributed by atoms with Crippen molar-refractivity contribution in [2.75, 3.05) is 12.4 Å². The number of carbonyl (C=O) groups is 2. The van der Waals surface area contributed by atoms with Crippen molar-refractivity contribution in [2.45, 2.75) is 17.7 Å². The van der Waals surface area contributed by atoms with Gasteiger partial charge in [-0.3, -0.25) is 9.59 Å². The highest BCUT2D eigenvalue weighted by Crippen LogP contribution is 2.22. The van der Waals surface area contributed by atoms with Gasteiger partial charge in [-0.2, -0.15) is 0 Å². The van der Waals surface area contributed by atoms with Gasteiger partial charge in [-0.1, -0.05) is 35.9 Å². The van der Waals surface area contributed by atoms with E-state index in [1.165, 1.54) is 12.1 Å². The quantitative estimate of drug-likeness (QED) is 0.557. The van der Waals surface area contributed by atoms with Crippen LogP contribution in [-0.4, -0.2) is 32.5 Å². The van der Waals surface area contributed by atoms with Crippen molar-refractivity contribution in [3.8, 4) is 0 Å². The zero-order valence-electron chi connectivity index (χ0n) is 13.9. The smallest absolute Gasteiger partial charge is 0.310 e. The van der Waals surface area contributed by atoms with E-state index >= 15 is 0 Å². The van der Waals surface area contributed by atoms with Gasteiger partial charge in [-0.15, -0.1) is 0 Å². The highest BCUT2D eigenvalue weighted by Gasteiger charge is 2.32. The summed E-state index contributed by atoms with van der Waals surface area (Å²) < 4.78 is 29.7. The predicted octanol–water partition coefficient (Wildman–Crippen LogP) is 3.10. The van der Waals surface area contributed by atoms with Crippen LogP contribution in [0.4, 0.5) is 0 Å². The Balaban J connectivity index is 1.70. The molecule has 2 aromatic carbocycles. The Morgan fingerprint density at radius 1 is 1.15 bits per heavy atom. The highest BCUT2D eigenvalue weighted by atomic mass is 35.5. The number of halogens is 1. The number of benzene rings is 2. The van der Waals surface area contributed by atoms with Gasteiger partial charge in [0.15, 0.2) is 15.6 Å². The van der Waals surface area contributed by atoms with Crippen molar-refractivity contribution in [2.24, 2.45) is 5.92 Å². The molecule has 26 heavy (non-hydrogen) atoms. The Morgan fingerprint density at radius 3 is 2.50 bits per heavy atom. The number of hydrogen-bond acceptors (Lipinski definition) is 5. The van der Waals surface area contributed by atoms with E-state index in [-0.39, 0.29) is 29.5 Å². The fourth-order valence-electron chi connectivity index (χ4n) is 2.81.